The standard InChI is InChI=1S/C16H24N2O6/c1-4-5-7-17-11(20)6-8-18(15(17)21)14-13-12(10(9-19)22-14)23-16(2,3)24-13/h6,8,10,12-14,19H,4-5,7,9H2,1-3H3/t10-,12-,13-,14-/m1/s1. The normalized spacial score (nSPS) is 31.3. The molecule has 0 amide bonds. The van der Waals surface area contributed by atoms with Gasteiger partial charge in [0.25, 0.3) is 5.56 Å². The van der Waals surface area contributed by atoms with Crippen LogP contribution in [0.2, 0.25) is 0 Å². The fraction of sp³-hybridized carbons (Fsp3) is 0.750. The molecule has 0 aromatic carbocycles. The average molecular weight is 340 g/mol. The Balaban J connectivity index is 1.97. The molecule has 0 bridgehead atoms. The van der Waals surface area contributed by atoms with Gasteiger partial charge in [0.15, 0.2) is 12.0 Å². The Labute approximate surface area is 139 Å². The van der Waals surface area contributed by atoms with Crippen molar-refractivity contribution in [3.05, 3.63) is 33.1 Å². The van der Waals surface area contributed by atoms with Crippen LogP contribution in [0.5, 0.6) is 0 Å². The highest BCUT2D eigenvalue weighted by Crippen LogP contribution is 2.42. The van der Waals surface area contributed by atoms with E-state index in [0.717, 1.165) is 12.8 Å². The Bertz CT molecular complexity index is 709. The third-order valence-electron chi connectivity index (χ3n) is 4.41. The molecule has 4 atom stereocenters. The highest BCUT2D eigenvalue weighted by molar-refractivity contribution is 4.99. The minimum absolute atomic E-state index is 0.235. The quantitative estimate of drug-likeness (QED) is 0.824. The van der Waals surface area contributed by atoms with E-state index < -0.39 is 36.0 Å². The molecule has 0 aliphatic carbocycles. The summed E-state index contributed by atoms with van der Waals surface area (Å²) in [4.78, 5) is 24.7. The molecule has 2 fully saturated rings. The summed E-state index contributed by atoms with van der Waals surface area (Å²) in [7, 11) is 0. The predicted octanol–water partition coefficient (Wildman–Crippen LogP) is 0.220. The molecule has 2 saturated heterocycles. The van der Waals surface area contributed by atoms with Gasteiger partial charge < -0.3 is 19.3 Å². The highest BCUT2D eigenvalue weighted by Gasteiger charge is 2.55. The molecule has 8 heteroatoms. The number of aliphatic hydroxyl groups excluding tert-OH is 1. The van der Waals surface area contributed by atoms with Gasteiger partial charge in [0.05, 0.1) is 6.61 Å². The van der Waals surface area contributed by atoms with Gasteiger partial charge in [0.1, 0.15) is 18.3 Å². The largest absolute Gasteiger partial charge is 0.394 e. The van der Waals surface area contributed by atoms with Crippen LogP contribution in [0.1, 0.15) is 39.8 Å². The molecule has 134 valence electrons. The Morgan fingerprint density at radius 3 is 2.62 bits per heavy atom. The molecule has 1 aromatic heterocycles. The summed E-state index contributed by atoms with van der Waals surface area (Å²) in [6.07, 6.45) is 0.735. The predicted molar refractivity (Wildman–Crippen MR) is 84.7 cm³/mol. The third kappa shape index (κ3) is 2.95. The maximum atomic E-state index is 12.7. The minimum atomic E-state index is -0.814. The van der Waals surface area contributed by atoms with E-state index in [-0.39, 0.29) is 12.2 Å². The van der Waals surface area contributed by atoms with Gasteiger partial charge in [0, 0.05) is 18.8 Å². The van der Waals surface area contributed by atoms with Crippen LogP contribution in [0.4, 0.5) is 0 Å². The zero-order valence-electron chi connectivity index (χ0n) is 14.2. The second-order valence-corrected chi connectivity index (χ2v) is 6.66. The lowest BCUT2D eigenvalue weighted by atomic mass is 10.1. The van der Waals surface area contributed by atoms with Crippen LogP contribution in [-0.2, 0) is 20.8 Å². The van der Waals surface area contributed by atoms with E-state index >= 15 is 0 Å². The highest BCUT2D eigenvalue weighted by atomic mass is 16.8. The molecule has 0 spiro atoms. The summed E-state index contributed by atoms with van der Waals surface area (Å²) in [5.74, 6) is -0.814. The van der Waals surface area contributed by atoms with Crippen molar-refractivity contribution in [2.45, 2.75) is 70.5 Å². The molecule has 3 rings (SSSR count). The first kappa shape index (κ1) is 17.3. The lowest BCUT2D eigenvalue weighted by molar-refractivity contribution is -0.200. The van der Waals surface area contributed by atoms with E-state index in [1.807, 2.05) is 6.92 Å². The maximum Gasteiger partial charge on any atom is 0.333 e. The van der Waals surface area contributed by atoms with E-state index in [0.29, 0.717) is 6.54 Å². The van der Waals surface area contributed by atoms with Crippen LogP contribution >= 0.6 is 0 Å². The first-order valence-corrected chi connectivity index (χ1v) is 8.32. The van der Waals surface area contributed by atoms with Crippen molar-refractivity contribution in [2.75, 3.05) is 6.61 Å². The van der Waals surface area contributed by atoms with E-state index in [2.05, 4.69) is 0 Å². The number of nitrogens with zero attached hydrogens (tertiary/aromatic N) is 2. The van der Waals surface area contributed by atoms with E-state index in [1.54, 1.807) is 13.8 Å². The first-order chi connectivity index (χ1) is 11.4. The Hall–Kier alpha value is -1.48. The van der Waals surface area contributed by atoms with Crippen molar-refractivity contribution >= 4 is 0 Å². The number of fused-ring (bicyclic) bond motifs is 1. The van der Waals surface area contributed by atoms with Crippen LogP contribution < -0.4 is 11.2 Å². The van der Waals surface area contributed by atoms with Crippen molar-refractivity contribution < 1.29 is 19.3 Å². The van der Waals surface area contributed by atoms with Crippen molar-refractivity contribution in [1.29, 1.82) is 0 Å². The van der Waals surface area contributed by atoms with Crippen molar-refractivity contribution in [2.24, 2.45) is 0 Å². The number of rotatable bonds is 5. The summed E-state index contributed by atoms with van der Waals surface area (Å²) >= 11 is 0. The average Bonchev–Trinajstić information content (AvgIpc) is 3.00. The smallest absolute Gasteiger partial charge is 0.333 e. The molecule has 8 nitrogen and oxygen atoms in total. The zero-order chi connectivity index (χ0) is 17.5. The summed E-state index contributed by atoms with van der Waals surface area (Å²) in [6, 6.07) is 1.35. The molecule has 1 aromatic rings. The first-order valence-electron chi connectivity index (χ1n) is 8.32. The number of hydrogen-bond acceptors (Lipinski definition) is 6. The summed E-state index contributed by atoms with van der Waals surface area (Å²) in [5, 5.41) is 9.53. The van der Waals surface area contributed by atoms with Gasteiger partial charge in [-0.25, -0.2) is 4.79 Å². The maximum absolute atomic E-state index is 12.7. The second kappa shape index (κ2) is 6.44. The van der Waals surface area contributed by atoms with Gasteiger partial charge in [-0.3, -0.25) is 13.9 Å². The Morgan fingerprint density at radius 2 is 1.96 bits per heavy atom. The van der Waals surface area contributed by atoms with Crippen molar-refractivity contribution in [3.8, 4) is 0 Å². The molecule has 24 heavy (non-hydrogen) atoms. The summed E-state index contributed by atoms with van der Waals surface area (Å²) in [6.45, 7) is 5.68. The van der Waals surface area contributed by atoms with Crippen LogP contribution in [-0.4, -0.2) is 44.9 Å². The summed E-state index contributed by atoms with van der Waals surface area (Å²) in [5.41, 5.74) is -0.770. The lowest BCUT2D eigenvalue weighted by Crippen LogP contribution is -2.43. The molecule has 3 heterocycles. The Morgan fingerprint density at radius 1 is 1.25 bits per heavy atom. The second-order valence-electron chi connectivity index (χ2n) is 6.66. The third-order valence-corrected chi connectivity index (χ3v) is 4.41. The SMILES string of the molecule is CCCCn1c(=O)ccn([C@@H]2O[C@H](CO)[C@H]3OC(C)(C)O[C@H]32)c1=O. The van der Waals surface area contributed by atoms with Gasteiger partial charge in [-0.2, -0.15) is 0 Å². The number of unbranched alkanes of at least 4 members (excludes halogenated alkanes) is 1. The number of aromatic nitrogens is 2. The van der Waals surface area contributed by atoms with E-state index in [4.69, 9.17) is 14.2 Å². The number of hydrogen-bond donors (Lipinski definition) is 1. The molecule has 2 aliphatic rings. The molecular formula is C16H24N2O6. The Kier molecular flexibility index (Phi) is 4.65. The van der Waals surface area contributed by atoms with Gasteiger partial charge in [-0.05, 0) is 20.3 Å². The van der Waals surface area contributed by atoms with Crippen molar-refractivity contribution in [3.63, 3.8) is 0 Å². The molecular weight excluding hydrogens is 316 g/mol. The fourth-order valence-corrected chi connectivity index (χ4v) is 3.28. The van der Waals surface area contributed by atoms with Gasteiger partial charge in [-0.1, -0.05) is 13.3 Å². The van der Waals surface area contributed by atoms with E-state index in [1.165, 1.54) is 21.4 Å². The van der Waals surface area contributed by atoms with E-state index in [9.17, 15) is 14.7 Å². The lowest BCUT2D eigenvalue weighted by Gasteiger charge is -2.24. The molecule has 0 unspecified atom stereocenters. The number of aliphatic hydroxyl groups is 1. The zero-order valence-corrected chi connectivity index (χ0v) is 14.2. The number of ether oxygens (including phenoxy) is 3. The van der Waals surface area contributed by atoms with Crippen molar-refractivity contribution in [1.82, 2.24) is 9.13 Å². The minimum Gasteiger partial charge on any atom is -0.394 e. The van der Waals surface area contributed by atoms with Crippen LogP contribution in [0.15, 0.2) is 21.9 Å². The van der Waals surface area contributed by atoms with Crippen LogP contribution in [0, 0.1) is 0 Å². The monoisotopic (exact) mass is 340 g/mol. The topological polar surface area (TPSA) is 91.9 Å². The molecule has 0 radical (unpaired) electrons. The van der Waals surface area contributed by atoms with Crippen LogP contribution in [0.25, 0.3) is 0 Å². The molecule has 2 aliphatic heterocycles. The molecule has 1 N–H and O–H groups in total. The summed E-state index contributed by atoms with van der Waals surface area (Å²) < 4.78 is 20.0. The van der Waals surface area contributed by atoms with Gasteiger partial charge in [0.2, 0.25) is 0 Å². The van der Waals surface area contributed by atoms with Crippen LogP contribution in [0.3, 0.4) is 0 Å². The van der Waals surface area contributed by atoms with Gasteiger partial charge in [-0.15, -0.1) is 0 Å². The fourth-order valence-electron chi connectivity index (χ4n) is 3.28. The molecule has 0 saturated carbocycles. The van der Waals surface area contributed by atoms with Gasteiger partial charge >= 0.3 is 5.69 Å².